The zero-order chi connectivity index (χ0) is 13.8. The van der Waals surface area contributed by atoms with Crippen molar-refractivity contribution in [2.75, 3.05) is 5.43 Å². The van der Waals surface area contributed by atoms with Crippen LogP contribution in [-0.2, 0) is 7.05 Å². The Kier molecular flexibility index (Phi) is 4.06. The molecule has 0 fully saturated rings. The molecule has 0 amide bonds. The normalized spacial score (nSPS) is 10.8. The minimum atomic E-state index is -0.0534. The number of nitrogen functional groups attached to an aromatic ring is 1. The number of rotatable bonds is 5. The molecule has 2 aromatic heterocycles. The lowest BCUT2D eigenvalue weighted by Crippen LogP contribution is -2.15. The number of nitrogens with zero attached hydrogens (tertiary/aromatic N) is 7. The van der Waals surface area contributed by atoms with E-state index in [1.54, 1.807) is 7.05 Å². The molecule has 0 aromatic carbocycles. The standard InChI is InChI=1S/C8H13N9OS/c1-4(2)18-6-10-5(13-9)11-7(12-6)19-8-14-15-16-17(8)3/h4H,9H2,1-3H3,(H,10,11,12,13). The maximum absolute atomic E-state index is 5.42. The van der Waals surface area contributed by atoms with Gasteiger partial charge < -0.3 is 4.74 Å². The van der Waals surface area contributed by atoms with Gasteiger partial charge >= 0.3 is 6.01 Å². The summed E-state index contributed by atoms with van der Waals surface area (Å²) in [6.07, 6.45) is -0.0534. The fourth-order valence-electron chi connectivity index (χ4n) is 1.10. The number of anilines is 1. The Morgan fingerprint density at radius 2 is 2.11 bits per heavy atom. The highest BCUT2D eigenvalue weighted by molar-refractivity contribution is 7.99. The number of nitrogens with one attached hydrogen (secondary N) is 1. The number of aryl methyl sites for hydroxylation is 1. The monoisotopic (exact) mass is 283 g/mol. The van der Waals surface area contributed by atoms with Gasteiger partial charge in [0.25, 0.3) is 0 Å². The SMILES string of the molecule is CC(C)Oc1nc(NN)nc(Sc2nnnn2C)n1. The summed E-state index contributed by atoms with van der Waals surface area (Å²) in [4.78, 5) is 12.2. The quantitative estimate of drug-likeness (QED) is 0.553. The number of hydrogen-bond donors (Lipinski definition) is 2. The second-order valence-electron chi connectivity index (χ2n) is 3.72. The van der Waals surface area contributed by atoms with Crippen molar-refractivity contribution in [3.8, 4) is 6.01 Å². The molecule has 2 rings (SSSR count). The third-order valence-electron chi connectivity index (χ3n) is 1.83. The Labute approximate surface area is 113 Å². The molecule has 3 N–H and O–H groups in total. The highest BCUT2D eigenvalue weighted by atomic mass is 32.2. The lowest BCUT2D eigenvalue weighted by atomic mass is 10.5. The van der Waals surface area contributed by atoms with E-state index in [1.165, 1.54) is 16.4 Å². The molecule has 0 bridgehead atoms. The molecule has 0 aliphatic heterocycles. The Morgan fingerprint density at radius 1 is 1.32 bits per heavy atom. The van der Waals surface area contributed by atoms with Crippen LogP contribution in [0, 0.1) is 0 Å². The fraction of sp³-hybridized carbons (Fsp3) is 0.500. The summed E-state index contributed by atoms with van der Waals surface area (Å²) in [7, 11) is 1.72. The molecule has 19 heavy (non-hydrogen) atoms. The van der Waals surface area contributed by atoms with Crippen LogP contribution in [0.15, 0.2) is 10.3 Å². The Balaban J connectivity index is 2.26. The van der Waals surface area contributed by atoms with Crippen LogP contribution in [0.25, 0.3) is 0 Å². The maximum Gasteiger partial charge on any atom is 0.322 e. The molecule has 0 spiro atoms. The maximum atomic E-state index is 5.42. The number of aromatic nitrogens is 7. The summed E-state index contributed by atoms with van der Waals surface area (Å²) in [6, 6.07) is 0.190. The molecule has 0 unspecified atom stereocenters. The third kappa shape index (κ3) is 3.48. The molecular formula is C8H13N9OS. The van der Waals surface area contributed by atoms with Crippen LogP contribution in [0.2, 0.25) is 0 Å². The predicted octanol–water partition coefficient (Wildman–Crippen LogP) is -0.381. The lowest BCUT2D eigenvalue weighted by Gasteiger charge is -2.09. The van der Waals surface area contributed by atoms with E-state index >= 15 is 0 Å². The second-order valence-corrected chi connectivity index (χ2v) is 4.66. The van der Waals surface area contributed by atoms with Crippen molar-refractivity contribution >= 4 is 17.7 Å². The van der Waals surface area contributed by atoms with E-state index in [1.807, 2.05) is 13.8 Å². The van der Waals surface area contributed by atoms with Crippen LogP contribution in [-0.4, -0.2) is 41.3 Å². The molecule has 10 nitrogen and oxygen atoms in total. The van der Waals surface area contributed by atoms with E-state index < -0.39 is 0 Å². The summed E-state index contributed by atoms with van der Waals surface area (Å²) < 4.78 is 6.92. The van der Waals surface area contributed by atoms with Gasteiger partial charge in [0.15, 0.2) is 0 Å². The van der Waals surface area contributed by atoms with E-state index in [0.717, 1.165) is 0 Å². The van der Waals surface area contributed by atoms with Gasteiger partial charge in [0, 0.05) is 7.05 Å². The van der Waals surface area contributed by atoms with Crippen LogP contribution in [0.1, 0.15) is 13.8 Å². The molecular weight excluding hydrogens is 270 g/mol. The molecule has 0 saturated carbocycles. The summed E-state index contributed by atoms with van der Waals surface area (Å²) in [6.45, 7) is 3.75. The third-order valence-corrected chi connectivity index (χ3v) is 2.72. The highest BCUT2D eigenvalue weighted by Crippen LogP contribution is 2.23. The Hall–Kier alpha value is -2.01. The highest BCUT2D eigenvalue weighted by Gasteiger charge is 2.12. The van der Waals surface area contributed by atoms with Gasteiger partial charge in [-0.25, -0.2) is 10.5 Å². The number of tetrazole rings is 1. The van der Waals surface area contributed by atoms with E-state index in [-0.39, 0.29) is 18.1 Å². The number of nitrogens with two attached hydrogens (primary N) is 1. The van der Waals surface area contributed by atoms with Crippen LogP contribution in [0.3, 0.4) is 0 Å². The van der Waals surface area contributed by atoms with E-state index in [4.69, 9.17) is 10.6 Å². The molecule has 0 radical (unpaired) electrons. The van der Waals surface area contributed by atoms with Crippen molar-refractivity contribution in [1.82, 2.24) is 35.2 Å². The van der Waals surface area contributed by atoms with Gasteiger partial charge in [0.05, 0.1) is 6.10 Å². The summed E-state index contributed by atoms with van der Waals surface area (Å²) >= 11 is 1.18. The van der Waals surface area contributed by atoms with Crippen molar-refractivity contribution < 1.29 is 4.74 Å². The smallest absolute Gasteiger partial charge is 0.322 e. The van der Waals surface area contributed by atoms with E-state index in [9.17, 15) is 0 Å². The lowest BCUT2D eigenvalue weighted by molar-refractivity contribution is 0.219. The van der Waals surface area contributed by atoms with Crippen molar-refractivity contribution in [3.05, 3.63) is 0 Å². The van der Waals surface area contributed by atoms with Crippen LogP contribution >= 0.6 is 11.8 Å². The topological polar surface area (TPSA) is 130 Å². The largest absolute Gasteiger partial charge is 0.461 e. The molecule has 102 valence electrons. The summed E-state index contributed by atoms with van der Waals surface area (Å²) in [5.41, 5.74) is 2.36. The minimum absolute atomic E-state index is 0.0534. The minimum Gasteiger partial charge on any atom is -0.461 e. The molecule has 2 aromatic rings. The molecule has 0 atom stereocenters. The molecule has 2 heterocycles. The molecule has 11 heteroatoms. The number of hydrogen-bond acceptors (Lipinski definition) is 10. The molecule has 0 aliphatic carbocycles. The van der Waals surface area contributed by atoms with Gasteiger partial charge in [-0.1, -0.05) is 0 Å². The molecule has 0 aliphatic rings. The van der Waals surface area contributed by atoms with Gasteiger partial charge in [0.2, 0.25) is 16.3 Å². The zero-order valence-electron chi connectivity index (χ0n) is 10.6. The Bertz CT molecular complexity index is 557. The van der Waals surface area contributed by atoms with Gasteiger partial charge in [0.1, 0.15) is 0 Å². The first-order chi connectivity index (χ1) is 9.08. The first-order valence-electron chi connectivity index (χ1n) is 5.38. The second kappa shape index (κ2) is 5.75. The van der Waals surface area contributed by atoms with Gasteiger partial charge in [-0.05, 0) is 36.0 Å². The average Bonchev–Trinajstić information content (AvgIpc) is 2.74. The van der Waals surface area contributed by atoms with E-state index in [2.05, 4.69) is 35.9 Å². The van der Waals surface area contributed by atoms with Crippen LogP contribution in [0.4, 0.5) is 5.95 Å². The van der Waals surface area contributed by atoms with Gasteiger partial charge in [-0.15, -0.1) is 5.10 Å². The predicted molar refractivity (Wildman–Crippen MR) is 66.3 cm³/mol. The summed E-state index contributed by atoms with van der Waals surface area (Å²) in [5.74, 6) is 5.52. The summed E-state index contributed by atoms with van der Waals surface area (Å²) in [5, 5.41) is 12.0. The first-order valence-corrected chi connectivity index (χ1v) is 6.19. The average molecular weight is 283 g/mol. The Morgan fingerprint density at radius 3 is 2.68 bits per heavy atom. The van der Waals surface area contributed by atoms with Crippen molar-refractivity contribution in [2.45, 2.75) is 30.3 Å². The van der Waals surface area contributed by atoms with Crippen molar-refractivity contribution in [3.63, 3.8) is 0 Å². The van der Waals surface area contributed by atoms with Gasteiger partial charge in [-0.2, -0.15) is 15.0 Å². The van der Waals surface area contributed by atoms with Gasteiger partial charge in [-0.3, -0.25) is 5.43 Å². The molecule has 0 saturated heterocycles. The van der Waals surface area contributed by atoms with E-state index in [0.29, 0.717) is 10.3 Å². The number of hydrazine groups is 1. The van der Waals surface area contributed by atoms with Crippen molar-refractivity contribution in [1.29, 1.82) is 0 Å². The fourth-order valence-corrected chi connectivity index (χ4v) is 1.77. The van der Waals surface area contributed by atoms with Crippen LogP contribution in [0.5, 0.6) is 6.01 Å². The zero-order valence-corrected chi connectivity index (χ0v) is 11.4. The first kappa shape index (κ1) is 13.4. The number of ether oxygens (including phenoxy) is 1. The van der Waals surface area contributed by atoms with Crippen molar-refractivity contribution in [2.24, 2.45) is 12.9 Å². The van der Waals surface area contributed by atoms with Crippen LogP contribution < -0.4 is 16.0 Å².